The van der Waals surface area contributed by atoms with Crippen LogP contribution in [0.25, 0.3) is 22.3 Å². The molecule has 2 heterocycles. The summed E-state index contributed by atoms with van der Waals surface area (Å²) in [6.07, 6.45) is 0.686. The van der Waals surface area contributed by atoms with Crippen molar-refractivity contribution in [3.63, 3.8) is 0 Å². The topological polar surface area (TPSA) is 67.6 Å². The van der Waals surface area contributed by atoms with Gasteiger partial charge in [-0.15, -0.1) is 0 Å². The number of H-pyrrole nitrogens is 1. The molecule has 0 radical (unpaired) electrons. The van der Waals surface area contributed by atoms with E-state index in [-0.39, 0.29) is 0 Å². The highest BCUT2D eigenvalue weighted by Gasteiger charge is 2.14. The third-order valence-corrected chi connectivity index (χ3v) is 3.19. The van der Waals surface area contributed by atoms with E-state index < -0.39 is 11.6 Å². The van der Waals surface area contributed by atoms with Crippen LogP contribution >= 0.6 is 0 Å². The van der Waals surface area contributed by atoms with Crippen LogP contribution in [0.3, 0.4) is 0 Å². The third kappa shape index (κ3) is 1.89. The largest absolute Gasteiger partial charge is 0.397 e. The van der Waals surface area contributed by atoms with Crippen LogP contribution in [0.4, 0.5) is 14.5 Å². The zero-order chi connectivity index (χ0) is 14.3. The number of aryl methyl sites for hydroxylation is 1. The molecule has 0 aliphatic heterocycles. The molecule has 0 saturated carbocycles. The summed E-state index contributed by atoms with van der Waals surface area (Å²) in [6.45, 7) is 1.94. The van der Waals surface area contributed by atoms with Crippen LogP contribution in [0.2, 0.25) is 0 Å². The first-order valence-corrected chi connectivity index (χ1v) is 6.19. The first-order valence-electron chi connectivity index (χ1n) is 6.19. The molecule has 0 atom stereocenters. The minimum Gasteiger partial charge on any atom is -0.397 e. The molecule has 0 unspecified atom stereocenters. The molecule has 1 aromatic carbocycles. The van der Waals surface area contributed by atoms with Gasteiger partial charge in [-0.2, -0.15) is 5.10 Å². The number of halogens is 2. The average Bonchev–Trinajstić information content (AvgIpc) is 2.83. The van der Waals surface area contributed by atoms with Crippen molar-refractivity contribution in [1.82, 2.24) is 15.2 Å². The number of hydrogen-bond donors (Lipinski definition) is 2. The zero-order valence-electron chi connectivity index (χ0n) is 10.7. The minimum absolute atomic E-state index is 0.426. The number of aromatic nitrogens is 3. The molecule has 0 spiro atoms. The van der Waals surface area contributed by atoms with Crippen LogP contribution in [-0.2, 0) is 6.42 Å². The summed E-state index contributed by atoms with van der Waals surface area (Å²) < 4.78 is 26.6. The first-order chi connectivity index (χ1) is 9.60. The molecule has 6 heteroatoms. The quantitative estimate of drug-likeness (QED) is 0.754. The highest BCUT2D eigenvalue weighted by molar-refractivity contribution is 5.92. The van der Waals surface area contributed by atoms with Gasteiger partial charge < -0.3 is 5.73 Å². The molecule has 0 fully saturated rings. The Balaban J connectivity index is 2.22. The molecule has 0 aliphatic carbocycles. The minimum atomic E-state index is -0.911. The van der Waals surface area contributed by atoms with Gasteiger partial charge in [-0.05, 0) is 24.6 Å². The van der Waals surface area contributed by atoms with Gasteiger partial charge in [0.05, 0.1) is 22.6 Å². The van der Waals surface area contributed by atoms with Crippen molar-refractivity contribution in [1.29, 1.82) is 0 Å². The van der Waals surface area contributed by atoms with Gasteiger partial charge in [0, 0.05) is 11.5 Å². The van der Waals surface area contributed by atoms with Crippen molar-refractivity contribution in [2.24, 2.45) is 0 Å². The predicted octanol–water partition coefficient (Wildman–Crippen LogP) is 3.05. The Kier molecular flexibility index (Phi) is 2.85. The van der Waals surface area contributed by atoms with E-state index in [0.717, 1.165) is 17.8 Å². The summed E-state index contributed by atoms with van der Waals surface area (Å²) in [7, 11) is 0. The monoisotopic (exact) mass is 274 g/mol. The van der Waals surface area contributed by atoms with Gasteiger partial charge in [0.25, 0.3) is 0 Å². The number of nitrogens with one attached hydrogen (secondary N) is 1. The Morgan fingerprint density at radius 3 is 2.70 bits per heavy atom. The molecule has 4 nitrogen and oxygen atoms in total. The molecule has 0 aliphatic rings. The molecule has 2 aromatic heterocycles. The third-order valence-electron chi connectivity index (χ3n) is 3.19. The standard InChI is InChI=1S/C14H12F2N4/c1-2-11-10(17)3-4-12(18-11)14-7-5-8(15)9(16)6-13(7)19-20-14/h3-6H,2,17H2,1H3,(H,19,20). The molecular formula is C14H12F2N4. The fourth-order valence-corrected chi connectivity index (χ4v) is 2.13. The molecule has 20 heavy (non-hydrogen) atoms. The number of pyridine rings is 1. The van der Waals surface area contributed by atoms with Crippen molar-refractivity contribution < 1.29 is 8.78 Å². The smallest absolute Gasteiger partial charge is 0.160 e. The lowest BCUT2D eigenvalue weighted by Crippen LogP contribution is -1.98. The second-order valence-electron chi connectivity index (χ2n) is 4.47. The summed E-state index contributed by atoms with van der Waals surface area (Å²) in [5, 5.41) is 7.26. The lowest BCUT2D eigenvalue weighted by atomic mass is 10.1. The second-order valence-corrected chi connectivity index (χ2v) is 4.47. The van der Waals surface area contributed by atoms with Crippen LogP contribution < -0.4 is 5.73 Å². The first kappa shape index (κ1) is 12.5. The van der Waals surface area contributed by atoms with E-state index in [0.29, 0.717) is 34.4 Å². The summed E-state index contributed by atoms with van der Waals surface area (Å²) in [6, 6.07) is 5.65. The van der Waals surface area contributed by atoms with Crippen molar-refractivity contribution in [2.75, 3.05) is 5.73 Å². The Morgan fingerprint density at radius 1 is 1.20 bits per heavy atom. The number of aromatic amines is 1. The van der Waals surface area contributed by atoms with E-state index in [9.17, 15) is 8.78 Å². The van der Waals surface area contributed by atoms with Crippen molar-refractivity contribution in [2.45, 2.75) is 13.3 Å². The Bertz CT molecular complexity index is 795. The molecule has 0 bridgehead atoms. The van der Waals surface area contributed by atoms with E-state index >= 15 is 0 Å². The van der Waals surface area contributed by atoms with E-state index in [1.54, 1.807) is 12.1 Å². The number of nitrogens with zero attached hydrogens (tertiary/aromatic N) is 2. The zero-order valence-corrected chi connectivity index (χ0v) is 10.7. The number of benzene rings is 1. The van der Waals surface area contributed by atoms with Gasteiger partial charge in [0.2, 0.25) is 0 Å². The number of nitrogens with two attached hydrogens (primary N) is 1. The highest BCUT2D eigenvalue weighted by atomic mass is 19.2. The van der Waals surface area contributed by atoms with Crippen LogP contribution in [0.5, 0.6) is 0 Å². The van der Waals surface area contributed by atoms with E-state index in [4.69, 9.17) is 5.73 Å². The Labute approximate surface area is 113 Å². The maximum atomic E-state index is 13.4. The summed E-state index contributed by atoms with van der Waals surface area (Å²) in [5.41, 5.74) is 8.65. The molecule has 3 N–H and O–H groups in total. The van der Waals surface area contributed by atoms with Gasteiger partial charge in [0.1, 0.15) is 5.69 Å². The van der Waals surface area contributed by atoms with Gasteiger partial charge in [-0.25, -0.2) is 13.8 Å². The van der Waals surface area contributed by atoms with Crippen LogP contribution in [0, 0.1) is 11.6 Å². The number of nitrogen functional groups attached to an aromatic ring is 1. The van der Waals surface area contributed by atoms with E-state index in [2.05, 4.69) is 15.2 Å². The van der Waals surface area contributed by atoms with Crippen molar-refractivity contribution in [3.05, 3.63) is 41.6 Å². The number of rotatable bonds is 2. The lowest BCUT2D eigenvalue weighted by Gasteiger charge is -2.04. The van der Waals surface area contributed by atoms with Gasteiger partial charge in [-0.1, -0.05) is 6.92 Å². The SMILES string of the molecule is CCc1nc(-c2n[nH]c3cc(F)c(F)cc23)ccc1N. The van der Waals surface area contributed by atoms with Gasteiger partial charge in [-0.3, -0.25) is 5.10 Å². The second kappa shape index (κ2) is 4.56. The molecule has 0 amide bonds. The summed E-state index contributed by atoms with van der Waals surface area (Å²) in [5.74, 6) is -1.82. The normalized spacial score (nSPS) is 11.2. The number of fused-ring (bicyclic) bond motifs is 1. The van der Waals surface area contributed by atoms with Gasteiger partial charge >= 0.3 is 0 Å². The molecule has 3 rings (SSSR count). The van der Waals surface area contributed by atoms with E-state index in [1.165, 1.54) is 0 Å². The molecule has 102 valence electrons. The Morgan fingerprint density at radius 2 is 1.95 bits per heavy atom. The maximum absolute atomic E-state index is 13.4. The Hall–Kier alpha value is -2.50. The highest BCUT2D eigenvalue weighted by Crippen LogP contribution is 2.27. The van der Waals surface area contributed by atoms with Crippen LogP contribution in [0.15, 0.2) is 24.3 Å². The fraction of sp³-hybridized carbons (Fsp3) is 0.143. The predicted molar refractivity (Wildman–Crippen MR) is 73.0 cm³/mol. The number of anilines is 1. The lowest BCUT2D eigenvalue weighted by molar-refractivity contribution is 0.511. The molecule has 0 saturated heterocycles. The molecule has 3 aromatic rings. The number of hydrogen-bond acceptors (Lipinski definition) is 3. The molecular weight excluding hydrogens is 262 g/mol. The van der Waals surface area contributed by atoms with E-state index in [1.807, 2.05) is 6.92 Å². The van der Waals surface area contributed by atoms with Crippen LogP contribution in [0.1, 0.15) is 12.6 Å². The van der Waals surface area contributed by atoms with Crippen LogP contribution in [-0.4, -0.2) is 15.2 Å². The van der Waals surface area contributed by atoms with Gasteiger partial charge in [0.15, 0.2) is 11.6 Å². The average molecular weight is 274 g/mol. The maximum Gasteiger partial charge on any atom is 0.160 e. The van der Waals surface area contributed by atoms with Crippen molar-refractivity contribution >= 4 is 16.6 Å². The summed E-state index contributed by atoms with van der Waals surface area (Å²) in [4.78, 5) is 4.41. The fourth-order valence-electron chi connectivity index (χ4n) is 2.13. The van der Waals surface area contributed by atoms with Crippen molar-refractivity contribution in [3.8, 4) is 11.4 Å². The summed E-state index contributed by atoms with van der Waals surface area (Å²) >= 11 is 0.